The van der Waals surface area contributed by atoms with Crippen molar-refractivity contribution >= 4 is 35.0 Å². The average molecular weight is 361 g/mol. The third kappa shape index (κ3) is 4.20. The Hall–Kier alpha value is -1.66. The zero-order valence-electron chi connectivity index (χ0n) is 12.9. The van der Waals surface area contributed by atoms with E-state index in [4.69, 9.17) is 32.7 Å². The summed E-state index contributed by atoms with van der Waals surface area (Å²) in [6.07, 6.45) is 0. The number of nitrogens with zero attached hydrogens (tertiary/aromatic N) is 2. The van der Waals surface area contributed by atoms with Gasteiger partial charge in [-0.1, -0.05) is 23.2 Å². The van der Waals surface area contributed by atoms with Gasteiger partial charge in [-0.25, -0.2) is 0 Å². The Labute approximate surface area is 144 Å². The molecule has 1 aliphatic rings. The Bertz CT molecular complexity index is 565. The second kappa shape index (κ2) is 7.75. The Morgan fingerprint density at radius 3 is 1.87 bits per heavy atom. The van der Waals surface area contributed by atoms with Crippen molar-refractivity contribution in [2.24, 2.45) is 0 Å². The van der Waals surface area contributed by atoms with Crippen molar-refractivity contribution in [1.82, 2.24) is 9.80 Å². The maximum absolute atomic E-state index is 12.6. The quantitative estimate of drug-likeness (QED) is 0.768. The summed E-state index contributed by atoms with van der Waals surface area (Å²) in [5.74, 6) is 0.633. The van der Waals surface area contributed by atoms with E-state index in [1.165, 1.54) is 14.2 Å². The summed E-state index contributed by atoms with van der Waals surface area (Å²) in [5.41, 5.74) is 0.480. The molecule has 23 heavy (non-hydrogen) atoms. The molecule has 1 fully saturated rings. The van der Waals surface area contributed by atoms with Gasteiger partial charge in [0.1, 0.15) is 11.5 Å². The molecular weight excluding hydrogens is 343 g/mol. The maximum Gasteiger partial charge on any atom is 0.255 e. The molecule has 1 aromatic carbocycles. The van der Waals surface area contributed by atoms with Crippen LogP contribution in [0.15, 0.2) is 18.2 Å². The number of halogens is 2. The first-order valence-corrected chi connectivity index (χ1v) is 7.93. The van der Waals surface area contributed by atoms with Gasteiger partial charge >= 0.3 is 0 Å². The summed E-state index contributed by atoms with van der Waals surface area (Å²) in [7, 11) is 3.06. The van der Waals surface area contributed by atoms with Crippen LogP contribution in [0.25, 0.3) is 0 Å². The molecule has 2 rings (SSSR count). The van der Waals surface area contributed by atoms with Gasteiger partial charge in [0.25, 0.3) is 11.8 Å². The number of amides is 2. The van der Waals surface area contributed by atoms with Crippen molar-refractivity contribution in [2.75, 3.05) is 40.4 Å². The predicted molar refractivity (Wildman–Crippen MR) is 87.5 cm³/mol. The lowest BCUT2D eigenvalue weighted by molar-refractivity contribution is -0.130. The average Bonchev–Trinajstić information content (AvgIpc) is 2.59. The Kier molecular flexibility index (Phi) is 5.96. The highest BCUT2D eigenvalue weighted by Crippen LogP contribution is 2.24. The van der Waals surface area contributed by atoms with E-state index in [2.05, 4.69) is 0 Å². The molecule has 0 saturated carbocycles. The summed E-state index contributed by atoms with van der Waals surface area (Å²) < 4.78 is 10.4. The van der Waals surface area contributed by atoms with E-state index in [-0.39, 0.29) is 11.8 Å². The highest BCUT2D eigenvalue weighted by atomic mass is 35.5. The van der Waals surface area contributed by atoms with E-state index in [1.54, 1.807) is 28.0 Å². The molecule has 126 valence electrons. The lowest BCUT2D eigenvalue weighted by Crippen LogP contribution is -2.51. The number of rotatable bonds is 4. The molecule has 6 nitrogen and oxygen atoms in total. The molecule has 0 spiro atoms. The molecule has 0 atom stereocenters. The Balaban J connectivity index is 2.06. The number of hydrogen-bond acceptors (Lipinski definition) is 4. The second-order valence-corrected chi connectivity index (χ2v) is 6.12. The fourth-order valence-electron chi connectivity index (χ4n) is 2.38. The SMILES string of the molecule is COc1cc(OC)cc(C(=O)N2CCN(C(=O)C(Cl)Cl)CC2)c1. The van der Waals surface area contributed by atoms with Crippen molar-refractivity contribution in [3.63, 3.8) is 0 Å². The molecule has 0 N–H and O–H groups in total. The first-order chi connectivity index (χ1) is 11.0. The van der Waals surface area contributed by atoms with Gasteiger partial charge in [0, 0.05) is 37.8 Å². The highest BCUT2D eigenvalue weighted by Gasteiger charge is 2.27. The molecular formula is C15H18Cl2N2O4. The third-order valence-electron chi connectivity index (χ3n) is 3.66. The fourth-order valence-corrected chi connectivity index (χ4v) is 2.66. The topological polar surface area (TPSA) is 59.1 Å². The largest absolute Gasteiger partial charge is 0.497 e. The monoisotopic (exact) mass is 360 g/mol. The number of methoxy groups -OCH3 is 2. The van der Waals surface area contributed by atoms with E-state index in [9.17, 15) is 9.59 Å². The molecule has 1 aliphatic heterocycles. The van der Waals surface area contributed by atoms with Gasteiger partial charge in [-0.2, -0.15) is 0 Å². The minimum Gasteiger partial charge on any atom is -0.497 e. The minimum absolute atomic E-state index is 0.136. The van der Waals surface area contributed by atoms with Crippen molar-refractivity contribution < 1.29 is 19.1 Å². The summed E-state index contributed by atoms with van der Waals surface area (Å²) in [6, 6.07) is 5.03. The first-order valence-electron chi connectivity index (χ1n) is 7.05. The third-order valence-corrected chi connectivity index (χ3v) is 4.04. The molecule has 2 amide bonds. The Morgan fingerprint density at radius 2 is 1.43 bits per heavy atom. The Morgan fingerprint density at radius 1 is 0.957 bits per heavy atom. The molecule has 1 saturated heterocycles. The van der Waals surface area contributed by atoms with Crippen molar-refractivity contribution in [2.45, 2.75) is 4.84 Å². The van der Waals surface area contributed by atoms with Gasteiger partial charge in [0.2, 0.25) is 0 Å². The van der Waals surface area contributed by atoms with Crippen molar-refractivity contribution in [3.8, 4) is 11.5 Å². The van der Waals surface area contributed by atoms with E-state index >= 15 is 0 Å². The lowest BCUT2D eigenvalue weighted by Gasteiger charge is -2.35. The molecule has 0 aliphatic carbocycles. The number of alkyl halides is 2. The van der Waals surface area contributed by atoms with Gasteiger partial charge in [0.15, 0.2) is 4.84 Å². The zero-order valence-corrected chi connectivity index (χ0v) is 14.4. The van der Waals surface area contributed by atoms with Crippen LogP contribution in [0.5, 0.6) is 11.5 Å². The molecule has 1 heterocycles. The van der Waals surface area contributed by atoms with Gasteiger partial charge in [0.05, 0.1) is 14.2 Å². The first kappa shape index (κ1) is 17.7. The lowest BCUT2D eigenvalue weighted by atomic mass is 10.1. The highest BCUT2D eigenvalue weighted by molar-refractivity contribution is 6.53. The summed E-state index contributed by atoms with van der Waals surface area (Å²) in [4.78, 5) is 26.5. The van der Waals surface area contributed by atoms with E-state index in [0.29, 0.717) is 43.2 Å². The standard InChI is InChI=1S/C15H18Cl2N2O4/c1-22-11-7-10(8-12(9-11)23-2)14(20)18-3-5-19(6-4-18)15(21)13(16)17/h7-9,13H,3-6H2,1-2H3. The normalized spacial score (nSPS) is 14.8. The van der Waals surface area contributed by atoms with Gasteiger partial charge in [-0.05, 0) is 12.1 Å². The molecule has 0 bridgehead atoms. The van der Waals surface area contributed by atoms with Crippen LogP contribution in [0.3, 0.4) is 0 Å². The van der Waals surface area contributed by atoms with Crippen molar-refractivity contribution in [3.05, 3.63) is 23.8 Å². The fraction of sp³-hybridized carbons (Fsp3) is 0.467. The van der Waals surface area contributed by atoms with Crippen LogP contribution in [0.1, 0.15) is 10.4 Å². The van der Waals surface area contributed by atoms with Crippen LogP contribution in [-0.2, 0) is 4.79 Å². The van der Waals surface area contributed by atoms with Crippen LogP contribution in [0.4, 0.5) is 0 Å². The molecule has 0 radical (unpaired) electrons. The van der Waals surface area contributed by atoms with E-state index in [0.717, 1.165) is 0 Å². The van der Waals surface area contributed by atoms with Crippen LogP contribution < -0.4 is 9.47 Å². The zero-order chi connectivity index (χ0) is 17.0. The predicted octanol–water partition coefficient (Wildman–Crippen LogP) is 1.79. The van der Waals surface area contributed by atoms with E-state index < -0.39 is 4.84 Å². The van der Waals surface area contributed by atoms with Crippen molar-refractivity contribution in [1.29, 1.82) is 0 Å². The van der Waals surface area contributed by atoms with Crippen LogP contribution >= 0.6 is 23.2 Å². The number of piperazine rings is 1. The molecule has 0 aromatic heterocycles. The summed E-state index contributed by atoms with van der Waals surface area (Å²) in [6.45, 7) is 1.65. The van der Waals surface area contributed by atoms with E-state index in [1.807, 2.05) is 0 Å². The second-order valence-electron chi connectivity index (χ2n) is 5.02. The number of carbonyl (C=O) groups excluding carboxylic acids is 2. The van der Waals surface area contributed by atoms with Gasteiger partial charge in [-0.3, -0.25) is 9.59 Å². The van der Waals surface area contributed by atoms with Crippen LogP contribution in [-0.4, -0.2) is 66.8 Å². The van der Waals surface area contributed by atoms with Crippen LogP contribution in [0, 0.1) is 0 Å². The van der Waals surface area contributed by atoms with Crippen LogP contribution in [0.2, 0.25) is 0 Å². The number of hydrogen-bond donors (Lipinski definition) is 0. The number of benzene rings is 1. The van der Waals surface area contributed by atoms with Gasteiger partial charge in [-0.15, -0.1) is 0 Å². The maximum atomic E-state index is 12.6. The number of ether oxygens (including phenoxy) is 2. The summed E-state index contributed by atoms with van der Waals surface area (Å²) in [5, 5.41) is 0. The minimum atomic E-state index is -1.07. The molecule has 8 heteroatoms. The number of carbonyl (C=O) groups is 2. The molecule has 1 aromatic rings. The molecule has 0 unspecified atom stereocenters. The summed E-state index contributed by atoms with van der Waals surface area (Å²) >= 11 is 11.2. The van der Waals surface area contributed by atoms with Gasteiger partial charge < -0.3 is 19.3 Å². The smallest absolute Gasteiger partial charge is 0.255 e.